The van der Waals surface area contributed by atoms with Crippen LogP contribution in [0.25, 0.3) is 22.0 Å². The fourth-order valence-corrected chi connectivity index (χ4v) is 4.12. The molecule has 0 aliphatic carbocycles. The molecule has 0 amide bonds. The lowest BCUT2D eigenvalue weighted by atomic mass is 10.0. The fraction of sp³-hybridized carbons (Fsp3) is 0.167. The third-order valence-corrected chi connectivity index (χ3v) is 5.79. The molecule has 32 heavy (non-hydrogen) atoms. The highest BCUT2D eigenvalue weighted by molar-refractivity contribution is 6.31. The van der Waals surface area contributed by atoms with E-state index < -0.39 is 5.97 Å². The number of halogens is 1. The van der Waals surface area contributed by atoms with Gasteiger partial charge in [-0.25, -0.2) is 4.79 Å². The molecule has 0 spiro atoms. The maximum Gasteiger partial charge on any atom is 0.353 e. The summed E-state index contributed by atoms with van der Waals surface area (Å²) in [6.07, 6.45) is 2.31. The number of pyridine rings is 1. The van der Waals surface area contributed by atoms with Crippen molar-refractivity contribution < 1.29 is 14.7 Å². The molecule has 7 nitrogen and oxygen atoms in total. The minimum Gasteiger partial charge on any atom is -0.477 e. The molecule has 164 valence electrons. The van der Waals surface area contributed by atoms with Crippen LogP contribution in [0.2, 0.25) is 5.02 Å². The van der Waals surface area contributed by atoms with Gasteiger partial charge in [0.2, 0.25) is 0 Å². The average Bonchev–Trinajstić information content (AvgIpc) is 3.10. The van der Waals surface area contributed by atoms with Crippen LogP contribution in [0.5, 0.6) is 0 Å². The molecule has 8 heteroatoms. The van der Waals surface area contributed by atoms with E-state index in [9.17, 15) is 14.7 Å². The second-order valence-electron chi connectivity index (χ2n) is 7.35. The molecule has 0 atom stereocenters. The average molecular weight is 452 g/mol. The Morgan fingerprint density at radius 3 is 2.72 bits per heavy atom. The highest BCUT2D eigenvalue weighted by Crippen LogP contribution is 2.36. The fourth-order valence-electron chi connectivity index (χ4n) is 3.95. The minimum absolute atomic E-state index is 0.0334. The van der Waals surface area contributed by atoms with Gasteiger partial charge in [0, 0.05) is 39.8 Å². The Kier molecular flexibility index (Phi) is 6.03. The van der Waals surface area contributed by atoms with Gasteiger partial charge in [-0.1, -0.05) is 24.6 Å². The summed E-state index contributed by atoms with van der Waals surface area (Å²) < 4.78 is 1.69. The van der Waals surface area contributed by atoms with Crippen LogP contribution >= 0.6 is 11.6 Å². The maximum absolute atomic E-state index is 12.6. The van der Waals surface area contributed by atoms with Gasteiger partial charge in [0.25, 0.3) is 5.56 Å². The van der Waals surface area contributed by atoms with E-state index in [-0.39, 0.29) is 17.8 Å². The number of nitrogens with zero attached hydrogens (tertiary/aromatic N) is 1. The van der Waals surface area contributed by atoms with E-state index in [1.165, 1.54) is 13.3 Å². The number of rotatable bonds is 7. The van der Waals surface area contributed by atoms with Gasteiger partial charge in [-0.15, -0.1) is 0 Å². The topological polar surface area (TPSA) is 96.4 Å². The quantitative estimate of drug-likeness (QED) is 0.346. The predicted molar refractivity (Wildman–Crippen MR) is 126 cm³/mol. The van der Waals surface area contributed by atoms with Crippen LogP contribution in [-0.4, -0.2) is 27.7 Å². The lowest BCUT2D eigenvalue weighted by Gasteiger charge is -2.13. The third kappa shape index (κ3) is 3.88. The van der Waals surface area contributed by atoms with Crippen LogP contribution in [0.1, 0.15) is 28.5 Å². The highest BCUT2D eigenvalue weighted by atomic mass is 35.5. The van der Waals surface area contributed by atoms with Crippen molar-refractivity contribution in [1.82, 2.24) is 9.55 Å². The lowest BCUT2D eigenvalue weighted by molar-refractivity contribution is 0.0687. The Balaban J connectivity index is 2.03. The molecule has 2 aromatic heterocycles. The summed E-state index contributed by atoms with van der Waals surface area (Å²) in [6.45, 7) is 2.23. The van der Waals surface area contributed by atoms with Gasteiger partial charge < -0.3 is 14.7 Å². The van der Waals surface area contributed by atoms with E-state index in [2.05, 4.69) is 10.5 Å². The SMILES string of the molecule is CCc1ccc2c(c1)c(-c1ccc[nH]c1=O)c(C(=O)O)n2Cc1cc(NOC)ccc1Cl. The van der Waals surface area contributed by atoms with Crippen molar-refractivity contribution in [2.45, 2.75) is 19.9 Å². The summed E-state index contributed by atoms with van der Waals surface area (Å²) >= 11 is 6.44. The molecular weight excluding hydrogens is 430 g/mol. The molecule has 0 fully saturated rings. The maximum atomic E-state index is 12.6. The number of aryl methyl sites for hydroxylation is 1. The number of H-pyrrole nitrogens is 1. The van der Waals surface area contributed by atoms with Gasteiger partial charge in [-0.05, 0) is 60.0 Å². The van der Waals surface area contributed by atoms with Crippen LogP contribution < -0.4 is 11.0 Å². The monoisotopic (exact) mass is 451 g/mol. The Bertz CT molecular complexity index is 1370. The molecular formula is C24H22ClN3O4. The van der Waals surface area contributed by atoms with Crippen LogP contribution in [0, 0.1) is 0 Å². The third-order valence-electron chi connectivity index (χ3n) is 5.42. The van der Waals surface area contributed by atoms with Crippen LogP contribution in [0.15, 0.2) is 59.5 Å². The number of nitrogens with one attached hydrogen (secondary N) is 2. The van der Waals surface area contributed by atoms with Gasteiger partial charge in [0.15, 0.2) is 0 Å². The van der Waals surface area contributed by atoms with Crippen molar-refractivity contribution in [3.63, 3.8) is 0 Å². The van der Waals surface area contributed by atoms with Crippen molar-refractivity contribution in [2.75, 3.05) is 12.6 Å². The number of carboxylic acids is 1. The summed E-state index contributed by atoms with van der Waals surface area (Å²) in [6, 6.07) is 14.4. The number of aromatic carboxylic acids is 1. The van der Waals surface area contributed by atoms with E-state index in [1.807, 2.05) is 25.1 Å². The number of benzene rings is 2. The van der Waals surface area contributed by atoms with E-state index in [0.29, 0.717) is 38.3 Å². The molecule has 3 N–H and O–H groups in total. The highest BCUT2D eigenvalue weighted by Gasteiger charge is 2.25. The van der Waals surface area contributed by atoms with Crippen molar-refractivity contribution in [3.8, 4) is 11.1 Å². The number of carbonyl (C=O) groups is 1. The van der Waals surface area contributed by atoms with Gasteiger partial charge in [-0.2, -0.15) is 0 Å². The molecule has 0 radical (unpaired) electrons. The standard InChI is InChI=1S/C24H22ClN3O4/c1-3-14-6-9-20-18(11-14)21(17-5-4-10-26-23(17)29)22(24(30)31)28(20)13-15-12-16(27-32-2)7-8-19(15)25/h4-12,27H,3,13H2,1-2H3,(H,26,29)(H,30,31). The lowest BCUT2D eigenvalue weighted by Crippen LogP contribution is -2.13. The zero-order chi connectivity index (χ0) is 22.8. The number of carboxylic acid groups (broad SMARTS) is 1. The van der Waals surface area contributed by atoms with Gasteiger partial charge >= 0.3 is 5.97 Å². The second kappa shape index (κ2) is 8.90. The number of hydrogen-bond acceptors (Lipinski definition) is 4. The molecule has 0 saturated heterocycles. The zero-order valence-corrected chi connectivity index (χ0v) is 18.4. The van der Waals surface area contributed by atoms with Crippen LogP contribution in [0.3, 0.4) is 0 Å². The first kappa shape index (κ1) is 21.7. The van der Waals surface area contributed by atoms with Crippen molar-refractivity contribution in [2.24, 2.45) is 0 Å². The molecule has 4 rings (SSSR count). The minimum atomic E-state index is -1.13. The Morgan fingerprint density at radius 2 is 2.03 bits per heavy atom. The number of aromatic nitrogens is 2. The smallest absolute Gasteiger partial charge is 0.353 e. The summed E-state index contributed by atoms with van der Waals surface area (Å²) in [5, 5.41) is 11.4. The molecule has 2 aromatic carbocycles. The van der Waals surface area contributed by atoms with E-state index >= 15 is 0 Å². The van der Waals surface area contributed by atoms with Crippen molar-refractivity contribution >= 4 is 34.2 Å². The van der Waals surface area contributed by atoms with Gasteiger partial charge in [0.05, 0.1) is 12.8 Å². The summed E-state index contributed by atoms with van der Waals surface area (Å²) in [5.74, 6) is -1.13. The van der Waals surface area contributed by atoms with Crippen LogP contribution in [0.4, 0.5) is 5.69 Å². The normalized spacial score (nSPS) is 11.1. The predicted octanol–water partition coefficient (Wildman–Crippen LogP) is 4.93. The number of anilines is 1. The molecule has 0 aliphatic heterocycles. The van der Waals surface area contributed by atoms with Crippen LogP contribution in [-0.2, 0) is 17.8 Å². The first-order chi connectivity index (χ1) is 15.4. The summed E-state index contributed by atoms with van der Waals surface area (Å²) in [4.78, 5) is 32.7. The molecule has 0 bridgehead atoms. The number of aromatic amines is 1. The Hall–Kier alpha value is -3.55. The molecule has 4 aromatic rings. The molecule has 0 unspecified atom stereocenters. The van der Waals surface area contributed by atoms with E-state index in [0.717, 1.165) is 12.0 Å². The first-order valence-electron chi connectivity index (χ1n) is 10.1. The van der Waals surface area contributed by atoms with E-state index in [1.54, 1.807) is 34.9 Å². The molecule has 0 saturated carbocycles. The first-order valence-corrected chi connectivity index (χ1v) is 10.5. The van der Waals surface area contributed by atoms with Gasteiger partial charge in [0.1, 0.15) is 5.69 Å². The largest absolute Gasteiger partial charge is 0.477 e. The zero-order valence-electron chi connectivity index (χ0n) is 17.6. The molecule has 0 aliphatic rings. The second-order valence-corrected chi connectivity index (χ2v) is 7.75. The number of hydrogen-bond donors (Lipinski definition) is 3. The Morgan fingerprint density at radius 1 is 1.22 bits per heavy atom. The van der Waals surface area contributed by atoms with Crippen molar-refractivity contribution in [3.05, 3.63) is 86.9 Å². The van der Waals surface area contributed by atoms with Gasteiger partial charge in [-0.3, -0.25) is 15.1 Å². The molecule has 2 heterocycles. The Labute approximate surface area is 189 Å². The summed E-state index contributed by atoms with van der Waals surface area (Å²) in [7, 11) is 1.51. The van der Waals surface area contributed by atoms with E-state index in [4.69, 9.17) is 16.4 Å². The van der Waals surface area contributed by atoms with Crippen molar-refractivity contribution in [1.29, 1.82) is 0 Å². The summed E-state index contributed by atoms with van der Waals surface area (Å²) in [5.41, 5.74) is 6.30. The number of fused-ring (bicyclic) bond motifs is 1.